The first-order chi connectivity index (χ1) is 4.58. The van der Waals surface area contributed by atoms with Crippen molar-refractivity contribution in [1.82, 2.24) is 10.6 Å². The van der Waals surface area contributed by atoms with E-state index < -0.39 is 0 Å². The van der Waals surface area contributed by atoms with Gasteiger partial charge in [0.1, 0.15) is 0 Å². The third-order valence-corrected chi connectivity index (χ3v) is 4.09. The number of nitrogens with one attached hydrogen (secondary N) is 2. The zero-order valence-electron chi connectivity index (χ0n) is 7.78. The molecule has 0 aliphatic carbocycles. The molecule has 62 valence electrons. The quantitative estimate of drug-likeness (QED) is 0.430. The molecule has 0 aliphatic rings. The lowest BCUT2D eigenvalue weighted by molar-refractivity contribution is 0.250. The molecule has 0 aromatic carbocycles. The molecule has 10 heavy (non-hydrogen) atoms. The van der Waals surface area contributed by atoms with Gasteiger partial charge in [-0.05, 0) is 19.5 Å². The van der Waals surface area contributed by atoms with Gasteiger partial charge in [-0.3, -0.25) is 0 Å². The first kappa shape index (κ1) is 10.1. The summed E-state index contributed by atoms with van der Waals surface area (Å²) in [5, 5.41) is 6.51. The summed E-state index contributed by atoms with van der Waals surface area (Å²) in [6, 6.07) is 1.32. The minimum Gasteiger partial charge on any atom is -0.305 e. The lowest BCUT2D eigenvalue weighted by Gasteiger charge is -2.32. The number of hydrogen-bond donors (Lipinski definition) is 2. The first-order valence-corrected chi connectivity index (χ1v) is 5.34. The molecular formula is C7H20N2Si. The van der Waals surface area contributed by atoms with E-state index in [1.54, 1.807) is 0 Å². The molecule has 3 heteroatoms. The summed E-state index contributed by atoms with van der Waals surface area (Å²) in [7, 11) is 5.27. The third-order valence-electron chi connectivity index (χ3n) is 2.27. The predicted octanol–water partition coefficient (Wildman–Crippen LogP) is -0.439. The molecule has 0 saturated heterocycles. The van der Waals surface area contributed by atoms with Crippen LogP contribution in [0.4, 0.5) is 0 Å². The van der Waals surface area contributed by atoms with Gasteiger partial charge in [-0.25, -0.2) is 0 Å². The van der Waals surface area contributed by atoms with Crippen LogP contribution in [0, 0.1) is 5.41 Å². The van der Waals surface area contributed by atoms with Gasteiger partial charge < -0.3 is 10.6 Å². The van der Waals surface area contributed by atoms with Crippen molar-refractivity contribution in [2.75, 3.05) is 14.1 Å². The zero-order valence-corrected chi connectivity index (χ0v) is 9.78. The van der Waals surface area contributed by atoms with Crippen molar-refractivity contribution in [3.63, 3.8) is 0 Å². The molecule has 0 aromatic heterocycles. The molecule has 0 radical (unpaired) electrons. The molecule has 0 unspecified atom stereocenters. The van der Waals surface area contributed by atoms with Crippen LogP contribution in [-0.2, 0) is 0 Å². The van der Waals surface area contributed by atoms with Crippen LogP contribution in [0.25, 0.3) is 0 Å². The third kappa shape index (κ3) is 2.40. The molecule has 0 amide bonds. The van der Waals surface area contributed by atoms with Crippen LogP contribution in [0.5, 0.6) is 0 Å². The highest BCUT2D eigenvalue weighted by Crippen LogP contribution is 2.21. The van der Waals surface area contributed by atoms with Gasteiger partial charge in [-0.2, -0.15) is 0 Å². The summed E-state index contributed by atoms with van der Waals surface area (Å²) in [6.07, 6.45) is 0.449. The van der Waals surface area contributed by atoms with Crippen molar-refractivity contribution >= 4 is 10.2 Å². The second-order valence-corrected chi connectivity index (χ2v) is 4.06. The zero-order chi connectivity index (χ0) is 8.20. The Hall–Kier alpha value is 0.137. The number of rotatable bonds is 4. The Morgan fingerprint density at radius 3 is 1.80 bits per heavy atom. The molecule has 0 aromatic rings. The van der Waals surface area contributed by atoms with Crippen LogP contribution >= 0.6 is 0 Å². The molecule has 0 spiro atoms. The van der Waals surface area contributed by atoms with E-state index in [1.807, 2.05) is 14.1 Å². The molecule has 2 nitrogen and oxygen atoms in total. The molecule has 0 bridgehead atoms. The Bertz CT molecular complexity index is 89.6. The Kier molecular flexibility index (Phi) is 4.16. The van der Waals surface area contributed by atoms with E-state index in [2.05, 4.69) is 24.5 Å². The second-order valence-electron chi connectivity index (χ2n) is 3.35. The maximum Gasteiger partial charge on any atom is 0.0616 e. The highest BCUT2D eigenvalue weighted by Gasteiger charge is 2.24. The monoisotopic (exact) mass is 160 g/mol. The minimum absolute atomic E-state index is 0.399. The van der Waals surface area contributed by atoms with Crippen molar-refractivity contribution in [1.29, 1.82) is 0 Å². The highest BCUT2D eigenvalue weighted by atomic mass is 28.1. The summed E-state index contributed by atoms with van der Waals surface area (Å²) in [4.78, 5) is 0. The fourth-order valence-electron chi connectivity index (χ4n) is 1.13. The SMILES string of the molecule is CNC(NC)C(C)(C)C[SiH3]. The van der Waals surface area contributed by atoms with Gasteiger partial charge in [0.2, 0.25) is 0 Å². The topological polar surface area (TPSA) is 24.1 Å². The van der Waals surface area contributed by atoms with Crippen LogP contribution in [0.3, 0.4) is 0 Å². The lowest BCUT2D eigenvalue weighted by Crippen LogP contribution is -2.48. The van der Waals surface area contributed by atoms with Gasteiger partial charge >= 0.3 is 0 Å². The Morgan fingerprint density at radius 2 is 1.70 bits per heavy atom. The molecule has 0 saturated carbocycles. The summed E-state index contributed by atoms with van der Waals surface area (Å²) in [6.45, 7) is 4.58. The van der Waals surface area contributed by atoms with Gasteiger partial charge in [0.25, 0.3) is 0 Å². The Labute approximate surface area is 67.2 Å². The summed E-state index contributed by atoms with van der Waals surface area (Å²) in [5.41, 5.74) is 0.399. The van der Waals surface area contributed by atoms with Crippen LogP contribution in [0.15, 0.2) is 0 Å². The fourth-order valence-corrected chi connectivity index (χ4v) is 1.54. The molecular weight excluding hydrogens is 140 g/mol. The smallest absolute Gasteiger partial charge is 0.0616 e. The summed E-state index contributed by atoms with van der Waals surface area (Å²) < 4.78 is 0. The van der Waals surface area contributed by atoms with Gasteiger partial charge in [-0.1, -0.05) is 19.9 Å². The molecule has 0 fully saturated rings. The molecule has 0 rings (SSSR count). The Morgan fingerprint density at radius 1 is 1.30 bits per heavy atom. The summed E-state index contributed by atoms with van der Waals surface area (Å²) >= 11 is 0. The van der Waals surface area contributed by atoms with Crippen molar-refractivity contribution in [3.8, 4) is 0 Å². The molecule has 0 atom stereocenters. The van der Waals surface area contributed by atoms with Crippen LogP contribution in [-0.4, -0.2) is 30.5 Å². The predicted molar refractivity (Wildman–Crippen MR) is 50.4 cm³/mol. The van der Waals surface area contributed by atoms with E-state index in [0.29, 0.717) is 11.6 Å². The van der Waals surface area contributed by atoms with Gasteiger partial charge in [0.05, 0.1) is 6.17 Å². The first-order valence-electron chi connectivity index (χ1n) is 3.93. The van der Waals surface area contributed by atoms with Crippen molar-refractivity contribution in [2.24, 2.45) is 5.41 Å². The van der Waals surface area contributed by atoms with Gasteiger partial charge in [-0.15, -0.1) is 0 Å². The second kappa shape index (κ2) is 4.11. The minimum atomic E-state index is 0.399. The van der Waals surface area contributed by atoms with Crippen LogP contribution < -0.4 is 10.6 Å². The maximum atomic E-state index is 3.25. The molecule has 0 aliphatic heterocycles. The maximum absolute atomic E-state index is 3.25. The van der Waals surface area contributed by atoms with E-state index in [9.17, 15) is 0 Å². The van der Waals surface area contributed by atoms with E-state index in [1.165, 1.54) is 16.3 Å². The highest BCUT2D eigenvalue weighted by molar-refractivity contribution is 6.09. The summed E-state index contributed by atoms with van der Waals surface area (Å²) in [5.74, 6) is 0. The van der Waals surface area contributed by atoms with Crippen LogP contribution in [0.2, 0.25) is 6.04 Å². The largest absolute Gasteiger partial charge is 0.305 e. The average Bonchev–Trinajstić information content (AvgIpc) is 1.90. The van der Waals surface area contributed by atoms with E-state index in [0.717, 1.165) is 0 Å². The molecule has 0 heterocycles. The van der Waals surface area contributed by atoms with Crippen LogP contribution in [0.1, 0.15) is 13.8 Å². The van der Waals surface area contributed by atoms with E-state index >= 15 is 0 Å². The van der Waals surface area contributed by atoms with Crippen molar-refractivity contribution in [3.05, 3.63) is 0 Å². The molecule has 2 N–H and O–H groups in total. The van der Waals surface area contributed by atoms with Crippen molar-refractivity contribution < 1.29 is 0 Å². The van der Waals surface area contributed by atoms with E-state index in [4.69, 9.17) is 0 Å². The average molecular weight is 160 g/mol. The standard InChI is InChI=1S/C7H20N2Si/c1-7(2,5-10)6(8-3)9-4/h6,8-9H,5H2,1-4,10H3. The van der Waals surface area contributed by atoms with Gasteiger partial charge in [0.15, 0.2) is 0 Å². The van der Waals surface area contributed by atoms with E-state index in [-0.39, 0.29) is 0 Å². The van der Waals surface area contributed by atoms with Gasteiger partial charge in [0, 0.05) is 10.2 Å². The number of hydrogen-bond acceptors (Lipinski definition) is 2. The Balaban J connectivity index is 3.97. The normalized spacial score (nSPS) is 12.9. The fraction of sp³-hybridized carbons (Fsp3) is 1.00. The van der Waals surface area contributed by atoms with Crippen molar-refractivity contribution in [2.45, 2.75) is 26.1 Å². The lowest BCUT2D eigenvalue weighted by atomic mass is 9.92.